The number of carbonyl (C=O) groups excluding carboxylic acids is 2. The van der Waals surface area contributed by atoms with Gasteiger partial charge < -0.3 is 15.0 Å². The van der Waals surface area contributed by atoms with Crippen molar-refractivity contribution in [3.63, 3.8) is 0 Å². The van der Waals surface area contributed by atoms with Crippen LogP contribution in [0.5, 0.6) is 5.75 Å². The number of methoxy groups -OCH3 is 1. The van der Waals surface area contributed by atoms with Gasteiger partial charge in [-0.05, 0) is 43.2 Å². The molecule has 2 amide bonds. The van der Waals surface area contributed by atoms with Gasteiger partial charge in [-0.3, -0.25) is 9.59 Å². The molecular formula is C23H28ClFN2O3S. The Morgan fingerprint density at radius 2 is 1.97 bits per heavy atom. The smallest absolute Gasteiger partial charge is 0.242 e. The van der Waals surface area contributed by atoms with Gasteiger partial charge in [-0.1, -0.05) is 36.7 Å². The second-order valence-electron chi connectivity index (χ2n) is 6.88. The topological polar surface area (TPSA) is 58.6 Å². The molecule has 1 atom stereocenters. The summed E-state index contributed by atoms with van der Waals surface area (Å²) >= 11 is 7.35. The Balaban J connectivity index is 2.17. The van der Waals surface area contributed by atoms with Crippen molar-refractivity contribution in [2.45, 2.75) is 38.6 Å². The maximum atomic E-state index is 14.0. The van der Waals surface area contributed by atoms with E-state index in [0.29, 0.717) is 29.3 Å². The van der Waals surface area contributed by atoms with Crippen LogP contribution in [-0.2, 0) is 21.9 Å². The zero-order valence-electron chi connectivity index (χ0n) is 18.0. The molecule has 0 radical (unpaired) electrons. The van der Waals surface area contributed by atoms with Gasteiger partial charge in [0.05, 0.1) is 12.9 Å². The largest absolute Gasteiger partial charge is 0.497 e. The summed E-state index contributed by atoms with van der Waals surface area (Å²) in [5, 5.41) is 3.14. The van der Waals surface area contributed by atoms with Gasteiger partial charge >= 0.3 is 0 Å². The summed E-state index contributed by atoms with van der Waals surface area (Å²) in [5.74, 6) is 0.267. The van der Waals surface area contributed by atoms with E-state index in [1.807, 2.05) is 38.1 Å². The van der Waals surface area contributed by atoms with Gasteiger partial charge in [0.2, 0.25) is 11.8 Å². The monoisotopic (exact) mass is 466 g/mol. The first-order valence-corrected chi connectivity index (χ1v) is 11.6. The fraction of sp³-hybridized carbons (Fsp3) is 0.391. The first-order chi connectivity index (χ1) is 14.9. The van der Waals surface area contributed by atoms with Gasteiger partial charge in [-0.25, -0.2) is 4.39 Å². The van der Waals surface area contributed by atoms with E-state index in [1.165, 1.54) is 17.8 Å². The van der Waals surface area contributed by atoms with Crippen LogP contribution in [0, 0.1) is 5.82 Å². The summed E-state index contributed by atoms with van der Waals surface area (Å²) < 4.78 is 19.3. The zero-order chi connectivity index (χ0) is 22.8. The molecule has 1 N–H and O–H groups in total. The number of rotatable bonds is 11. The predicted molar refractivity (Wildman–Crippen MR) is 124 cm³/mol. The van der Waals surface area contributed by atoms with E-state index in [-0.39, 0.29) is 29.9 Å². The van der Waals surface area contributed by atoms with Gasteiger partial charge in [0, 0.05) is 29.4 Å². The minimum atomic E-state index is -0.601. The molecule has 2 rings (SSSR count). The molecule has 0 spiro atoms. The Hall–Kier alpha value is -2.25. The molecule has 0 aliphatic heterocycles. The number of ether oxygens (including phenoxy) is 1. The number of carbonyl (C=O) groups is 2. The Morgan fingerprint density at radius 1 is 1.23 bits per heavy atom. The van der Waals surface area contributed by atoms with Crippen LogP contribution in [0.3, 0.4) is 0 Å². The molecule has 0 aliphatic rings. The van der Waals surface area contributed by atoms with Crippen LogP contribution in [0.2, 0.25) is 5.02 Å². The van der Waals surface area contributed by atoms with Crippen molar-refractivity contribution in [3.05, 3.63) is 64.4 Å². The third-order valence-electron chi connectivity index (χ3n) is 4.76. The molecule has 8 heteroatoms. The summed E-state index contributed by atoms with van der Waals surface area (Å²) in [6, 6.07) is 11.3. The molecule has 0 fully saturated rings. The normalized spacial score (nSPS) is 11.6. The lowest BCUT2D eigenvalue weighted by atomic mass is 10.1. The molecule has 0 aliphatic carbocycles. The summed E-state index contributed by atoms with van der Waals surface area (Å²) in [4.78, 5) is 27.3. The molecule has 2 aromatic rings. The SMILES string of the molecule is CCNC(=O)[C@@H](CC)N(Cc1cccc(OC)c1)C(=O)CSCc1c(F)cccc1Cl. The third-order valence-corrected chi connectivity index (χ3v) is 6.06. The average Bonchev–Trinajstić information content (AvgIpc) is 2.76. The van der Waals surface area contributed by atoms with Crippen molar-refractivity contribution >= 4 is 35.2 Å². The summed E-state index contributed by atoms with van der Waals surface area (Å²) in [7, 11) is 1.58. The van der Waals surface area contributed by atoms with Gasteiger partial charge in [-0.2, -0.15) is 0 Å². The van der Waals surface area contributed by atoms with Crippen molar-refractivity contribution in [2.75, 3.05) is 19.4 Å². The van der Waals surface area contributed by atoms with E-state index in [4.69, 9.17) is 16.3 Å². The number of benzene rings is 2. The second kappa shape index (κ2) is 12.6. The Kier molecular flexibility index (Phi) is 10.1. The number of halogens is 2. The van der Waals surface area contributed by atoms with Gasteiger partial charge in [0.15, 0.2) is 0 Å². The van der Waals surface area contributed by atoms with Crippen molar-refractivity contribution in [1.29, 1.82) is 0 Å². The number of nitrogens with one attached hydrogen (secondary N) is 1. The van der Waals surface area contributed by atoms with Crippen molar-refractivity contribution in [2.24, 2.45) is 0 Å². The van der Waals surface area contributed by atoms with Crippen LogP contribution in [0.25, 0.3) is 0 Å². The molecule has 0 heterocycles. The number of likely N-dealkylation sites (N-methyl/N-ethyl adjacent to an activating group) is 1. The Labute approximate surface area is 192 Å². The van der Waals surface area contributed by atoms with E-state index in [0.717, 1.165) is 5.56 Å². The van der Waals surface area contributed by atoms with Gasteiger partial charge in [-0.15, -0.1) is 11.8 Å². The number of hydrogen-bond acceptors (Lipinski definition) is 4. The molecule has 5 nitrogen and oxygen atoms in total. The lowest BCUT2D eigenvalue weighted by molar-refractivity contribution is -0.139. The fourth-order valence-corrected chi connectivity index (χ4v) is 4.42. The highest BCUT2D eigenvalue weighted by atomic mass is 35.5. The zero-order valence-corrected chi connectivity index (χ0v) is 19.6. The maximum Gasteiger partial charge on any atom is 0.242 e. The Morgan fingerprint density at radius 3 is 2.61 bits per heavy atom. The summed E-state index contributed by atoms with van der Waals surface area (Å²) in [6.07, 6.45) is 0.478. The third kappa shape index (κ3) is 7.14. The highest BCUT2D eigenvalue weighted by molar-refractivity contribution is 7.99. The highest BCUT2D eigenvalue weighted by Gasteiger charge is 2.28. The van der Waals surface area contributed by atoms with Gasteiger partial charge in [0.25, 0.3) is 0 Å². The molecule has 0 saturated heterocycles. The van der Waals surface area contributed by atoms with Crippen molar-refractivity contribution < 1.29 is 18.7 Å². The first kappa shape index (κ1) is 25.0. The Bertz CT molecular complexity index is 877. The lowest BCUT2D eigenvalue weighted by Crippen LogP contribution is -2.49. The molecule has 2 aromatic carbocycles. The molecule has 31 heavy (non-hydrogen) atoms. The maximum absolute atomic E-state index is 14.0. The van der Waals surface area contributed by atoms with E-state index in [1.54, 1.807) is 24.1 Å². The average molecular weight is 467 g/mol. The second-order valence-corrected chi connectivity index (χ2v) is 8.28. The minimum absolute atomic E-state index is 0.102. The molecule has 168 valence electrons. The van der Waals surface area contributed by atoms with Crippen molar-refractivity contribution in [3.8, 4) is 5.75 Å². The minimum Gasteiger partial charge on any atom is -0.497 e. The predicted octanol–water partition coefficient (Wildman–Crippen LogP) is 4.66. The number of nitrogens with zero attached hydrogens (tertiary/aromatic N) is 1. The fourth-order valence-electron chi connectivity index (χ4n) is 3.17. The van der Waals surface area contributed by atoms with Gasteiger partial charge in [0.1, 0.15) is 17.6 Å². The molecule has 0 saturated carbocycles. The van der Waals surface area contributed by atoms with Crippen molar-refractivity contribution in [1.82, 2.24) is 10.2 Å². The molecular weight excluding hydrogens is 439 g/mol. The van der Waals surface area contributed by atoms with Crippen LogP contribution >= 0.6 is 23.4 Å². The highest BCUT2D eigenvalue weighted by Crippen LogP contribution is 2.25. The number of hydrogen-bond donors (Lipinski definition) is 1. The van der Waals surface area contributed by atoms with E-state index < -0.39 is 11.9 Å². The van der Waals surface area contributed by atoms with Crippen LogP contribution in [0.1, 0.15) is 31.4 Å². The van der Waals surface area contributed by atoms with E-state index in [2.05, 4.69) is 5.32 Å². The summed E-state index contributed by atoms with van der Waals surface area (Å²) in [6.45, 7) is 4.47. The summed E-state index contributed by atoms with van der Waals surface area (Å²) in [5.41, 5.74) is 1.23. The first-order valence-electron chi connectivity index (χ1n) is 10.1. The van der Waals surface area contributed by atoms with Crippen LogP contribution < -0.4 is 10.1 Å². The molecule has 0 aromatic heterocycles. The molecule has 0 unspecified atom stereocenters. The lowest BCUT2D eigenvalue weighted by Gasteiger charge is -2.30. The quantitative estimate of drug-likeness (QED) is 0.523. The van der Waals surface area contributed by atoms with E-state index >= 15 is 0 Å². The number of amides is 2. The van der Waals surface area contributed by atoms with Crippen LogP contribution in [0.15, 0.2) is 42.5 Å². The van der Waals surface area contributed by atoms with E-state index in [9.17, 15) is 14.0 Å². The number of thioether (sulfide) groups is 1. The van der Waals surface area contributed by atoms with Crippen LogP contribution in [-0.4, -0.2) is 42.2 Å². The molecule has 0 bridgehead atoms. The van der Waals surface area contributed by atoms with Crippen LogP contribution in [0.4, 0.5) is 4.39 Å². The standard InChI is InChI=1S/C23H28ClFN2O3S/c1-4-21(23(29)26-5-2)27(13-16-8-6-9-17(12-16)30-3)22(28)15-31-14-18-19(24)10-7-11-20(18)25/h6-12,21H,4-5,13-15H2,1-3H3,(H,26,29)/t21-/m1/s1.